The Labute approximate surface area is 109 Å². The lowest BCUT2D eigenvalue weighted by Crippen LogP contribution is -2.13. The molecule has 0 atom stereocenters. The molecule has 0 bridgehead atoms. The molecular weight excluding hydrogens is 275 g/mol. The number of hydrogen-bond donors (Lipinski definition) is 2. The summed E-state index contributed by atoms with van der Waals surface area (Å²) in [5, 5.41) is 19.6. The summed E-state index contributed by atoms with van der Waals surface area (Å²) in [5.41, 5.74) is 0.887. The second-order valence-electron chi connectivity index (χ2n) is 3.97. The molecule has 7 nitrogen and oxygen atoms in total. The van der Waals surface area contributed by atoms with E-state index in [4.69, 9.17) is 0 Å². The van der Waals surface area contributed by atoms with Crippen molar-refractivity contribution < 1.29 is 13.2 Å². The molecule has 0 aliphatic carbocycles. The van der Waals surface area contributed by atoms with Crippen molar-refractivity contribution in [2.75, 3.05) is 5.32 Å². The maximum absolute atomic E-state index is 12.7. The van der Waals surface area contributed by atoms with Crippen molar-refractivity contribution in [1.82, 2.24) is 30.0 Å². The molecule has 104 valence electrons. The molecule has 0 aliphatic heterocycles. The van der Waals surface area contributed by atoms with Gasteiger partial charge in [-0.05, 0) is 12.1 Å². The molecule has 0 unspecified atom stereocenters. The number of alkyl halides is 3. The third-order valence-corrected chi connectivity index (χ3v) is 2.54. The first kappa shape index (κ1) is 12.4. The molecule has 0 spiro atoms. The lowest BCUT2D eigenvalue weighted by Gasteiger charge is -2.06. The van der Waals surface area contributed by atoms with Gasteiger partial charge in [-0.3, -0.25) is 5.10 Å². The Balaban J connectivity index is 1.89. The number of nitrogens with zero attached hydrogens (tertiary/aromatic N) is 5. The number of aromatic amines is 1. The molecule has 20 heavy (non-hydrogen) atoms. The van der Waals surface area contributed by atoms with Crippen LogP contribution in [-0.2, 0) is 12.7 Å². The van der Waals surface area contributed by atoms with Gasteiger partial charge in [-0.2, -0.15) is 22.8 Å². The second kappa shape index (κ2) is 4.47. The smallest absolute Gasteiger partial charge is 0.364 e. The molecule has 3 heterocycles. The summed E-state index contributed by atoms with van der Waals surface area (Å²) >= 11 is 0. The molecule has 3 aromatic rings. The van der Waals surface area contributed by atoms with Crippen molar-refractivity contribution >= 4 is 11.5 Å². The number of fused-ring (bicyclic) bond motifs is 1. The molecule has 2 N–H and O–H groups in total. The molecule has 0 aromatic carbocycles. The van der Waals surface area contributed by atoms with E-state index in [2.05, 4.69) is 30.8 Å². The molecule has 0 saturated carbocycles. The van der Waals surface area contributed by atoms with Crippen molar-refractivity contribution in [3.05, 3.63) is 35.9 Å². The summed E-state index contributed by atoms with van der Waals surface area (Å²) in [4.78, 5) is 0. The fourth-order valence-corrected chi connectivity index (χ4v) is 1.63. The zero-order valence-corrected chi connectivity index (χ0v) is 9.89. The summed E-state index contributed by atoms with van der Waals surface area (Å²) in [5.74, 6) is -0.872. The van der Waals surface area contributed by atoms with Gasteiger partial charge in [-0.15, -0.1) is 15.3 Å². The van der Waals surface area contributed by atoms with Crippen LogP contribution >= 0.6 is 0 Å². The zero-order chi connectivity index (χ0) is 14.2. The van der Waals surface area contributed by atoms with E-state index >= 15 is 0 Å². The van der Waals surface area contributed by atoms with E-state index in [1.54, 1.807) is 12.4 Å². The minimum absolute atomic E-state index is 0.0335. The summed E-state index contributed by atoms with van der Waals surface area (Å²) in [6, 6.07) is 2.94. The van der Waals surface area contributed by atoms with Crippen LogP contribution < -0.4 is 5.32 Å². The summed E-state index contributed by atoms with van der Waals surface area (Å²) in [6.07, 6.45) is -1.33. The summed E-state index contributed by atoms with van der Waals surface area (Å²) < 4.78 is 38.8. The van der Waals surface area contributed by atoms with Crippen molar-refractivity contribution in [2.24, 2.45) is 0 Å². The van der Waals surface area contributed by atoms with Crippen LogP contribution in [0.4, 0.5) is 19.0 Å². The molecule has 0 fully saturated rings. The largest absolute Gasteiger partial charge is 0.453 e. The van der Waals surface area contributed by atoms with Crippen LogP contribution in [0, 0.1) is 0 Å². The average Bonchev–Trinajstić information content (AvgIpc) is 3.04. The van der Waals surface area contributed by atoms with Crippen LogP contribution in [0.1, 0.15) is 11.4 Å². The van der Waals surface area contributed by atoms with Gasteiger partial charge in [0.1, 0.15) is 5.82 Å². The lowest BCUT2D eigenvalue weighted by molar-refractivity contribution is -0.146. The molecule has 0 radical (unpaired) electrons. The number of rotatable bonds is 3. The number of H-pyrrole nitrogens is 1. The molecule has 0 aliphatic rings. The van der Waals surface area contributed by atoms with Gasteiger partial charge < -0.3 is 5.32 Å². The highest BCUT2D eigenvalue weighted by Gasteiger charge is 2.37. The van der Waals surface area contributed by atoms with E-state index < -0.39 is 12.0 Å². The first-order valence-electron chi connectivity index (χ1n) is 5.55. The van der Waals surface area contributed by atoms with E-state index in [1.807, 2.05) is 0 Å². The van der Waals surface area contributed by atoms with Crippen molar-refractivity contribution in [3.8, 4) is 0 Å². The predicted octanol–water partition coefficient (Wildman–Crippen LogP) is 1.48. The quantitative estimate of drug-likeness (QED) is 0.760. The van der Waals surface area contributed by atoms with Gasteiger partial charge in [0.2, 0.25) is 0 Å². The van der Waals surface area contributed by atoms with E-state index in [0.29, 0.717) is 11.1 Å². The van der Waals surface area contributed by atoms with Gasteiger partial charge in [0.15, 0.2) is 5.65 Å². The maximum atomic E-state index is 12.7. The highest BCUT2D eigenvalue weighted by Crippen LogP contribution is 2.27. The van der Waals surface area contributed by atoms with Gasteiger partial charge in [-0.1, -0.05) is 0 Å². The normalized spacial score (nSPS) is 11.9. The third-order valence-electron chi connectivity index (χ3n) is 2.54. The van der Waals surface area contributed by atoms with Gasteiger partial charge in [0, 0.05) is 18.3 Å². The van der Waals surface area contributed by atoms with Gasteiger partial charge in [0.25, 0.3) is 5.82 Å². The molecular formula is C10H8F3N7. The minimum atomic E-state index is -4.60. The number of anilines is 1. The number of aromatic nitrogens is 6. The Morgan fingerprint density at radius 2 is 2.10 bits per heavy atom. The first-order chi connectivity index (χ1) is 9.54. The van der Waals surface area contributed by atoms with E-state index in [-0.39, 0.29) is 11.5 Å². The molecule has 3 aromatic heterocycles. The zero-order valence-electron chi connectivity index (χ0n) is 9.89. The Hall–Kier alpha value is -2.65. The van der Waals surface area contributed by atoms with Gasteiger partial charge in [-0.25, -0.2) is 0 Å². The Morgan fingerprint density at radius 3 is 2.80 bits per heavy atom. The predicted molar refractivity (Wildman–Crippen MR) is 61.7 cm³/mol. The number of hydrogen-bond acceptors (Lipinski definition) is 5. The Morgan fingerprint density at radius 1 is 1.25 bits per heavy atom. The van der Waals surface area contributed by atoms with E-state index in [0.717, 1.165) is 5.56 Å². The summed E-state index contributed by atoms with van der Waals surface area (Å²) in [6.45, 7) is 0.387. The fourth-order valence-electron chi connectivity index (χ4n) is 1.63. The third kappa shape index (κ3) is 2.27. The Bertz CT molecular complexity index is 716. The van der Waals surface area contributed by atoms with Crippen LogP contribution in [0.2, 0.25) is 0 Å². The topological polar surface area (TPSA) is 83.8 Å². The number of nitrogens with one attached hydrogen (secondary N) is 2. The first-order valence-corrected chi connectivity index (χ1v) is 5.55. The monoisotopic (exact) mass is 283 g/mol. The average molecular weight is 283 g/mol. The standard InChI is InChI=1S/C10H8F3N7/c11-10(12,13)9-18-17-8-2-1-7(19-20(8)9)14-3-6-4-15-16-5-6/h1-2,4-5H,3H2,(H,14,19)(H,15,16). The van der Waals surface area contributed by atoms with Crippen LogP contribution in [0.5, 0.6) is 0 Å². The molecule has 0 amide bonds. The van der Waals surface area contributed by atoms with Gasteiger partial charge >= 0.3 is 6.18 Å². The number of halogens is 3. The van der Waals surface area contributed by atoms with Crippen LogP contribution in [0.15, 0.2) is 24.5 Å². The molecule has 10 heteroatoms. The highest BCUT2D eigenvalue weighted by atomic mass is 19.4. The van der Waals surface area contributed by atoms with Gasteiger partial charge in [0.05, 0.1) is 6.20 Å². The van der Waals surface area contributed by atoms with Crippen molar-refractivity contribution in [2.45, 2.75) is 12.7 Å². The van der Waals surface area contributed by atoms with Crippen molar-refractivity contribution in [1.29, 1.82) is 0 Å². The van der Waals surface area contributed by atoms with Crippen LogP contribution in [-0.4, -0.2) is 30.0 Å². The maximum Gasteiger partial charge on any atom is 0.453 e. The minimum Gasteiger partial charge on any atom is -0.364 e. The van der Waals surface area contributed by atoms with Crippen molar-refractivity contribution in [3.63, 3.8) is 0 Å². The van der Waals surface area contributed by atoms with E-state index in [1.165, 1.54) is 12.1 Å². The fraction of sp³-hybridized carbons (Fsp3) is 0.200. The van der Waals surface area contributed by atoms with Crippen LogP contribution in [0.25, 0.3) is 5.65 Å². The summed E-state index contributed by atoms with van der Waals surface area (Å²) in [7, 11) is 0. The lowest BCUT2D eigenvalue weighted by atomic mass is 10.3. The van der Waals surface area contributed by atoms with Crippen LogP contribution in [0.3, 0.4) is 0 Å². The second-order valence-corrected chi connectivity index (χ2v) is 3.97. The van der Waals surface area contributed by atoms with E-state index in [9.17, 15) is 13.2 Å². The Kier molecular flexibility index (Phi) is 2.77. The highest BCUT2D eigenvalue weighted by molar-refractivity contribution is 5.44. The molecule has 0 saturated heterocycles. The SMILES string of the molecule is FC(F)(F)c1nnc2ccc(NCc3cn[nH]c3)nn12. The molecule has 3 rings (SSSR count).